The molecule has 0 aliphatic carbocycles. The van der Waals surface area contributed by atoms with Crippen molar-refractivity contribution in [1.82, 2.24) is 10.2 Å². The van der Waals surface area contributed by atoms with Crippen molar-refractivity contribution in [1.29, 1.82) is 0 Å². The number of ether oxygens (including phenoxy) is 2. The second kappa shape index (κ2) is 9.73. The van der Waals surface area contributed by atoms with Crippen LogP contribution in [0.5, 0.6) is 5.75 Å². The van der Waals surface area contributed by atoms with Crippen molar-refractivity contribution in [2.75, 3.05) is 26.8 Å². The molecule has 1 aliphatic rings. The van der Waals surface area contributed by atoms with Crippen molar-refractivity contribution in [3.05, 3.63) is 28.2 Å². The van der Waals surface area contributed by atoms with Crippen molar-refractivity contribution in [2.45, 2.75) is 32.7 Å². The number of nitrogens with zero attached hydrogens (tertiary/aromatic N) is 1. The molecule has 1 saturated heterocycles. The SMILES string of the molecule is COc1ccc(C(=O)N2CCNC(=O)C2CC(=O)OCCC(C)C)cc1Br. The molecule has 1 atom stereocenters. The second-order valence-corrected chi connectivity index (χ2v) is 7.62. The molecular weight excluding hydrogens is 416 g/mol. The minimum Gasteiger partial charge on any atom is -0.496 e. The lowest BCUT2D eigenvalue weighted by Crippen LogP contribution is -2.57. The summed E-state index contributed by atoms with van der Waals surface area (Å²) in [6.07, 6.45) is 0.595. The third-order valence-electron chi connectivity index (χ3n) is 4.31. The van der Waals surface area contributed by atoms with Gasteiger partial charge in [-0.1, -0.05) is 13.8 Å². The van der Waals surface area contributed by atoms with E-state index in [4.69, 9.17) is 9.47 Å². The molecule has 0 saturated carbocycles. The summed E-state index contributed by atoms with van der Waals surface area (Å²) in [5, 5.41) is 2.71. The Balaban J connectivity index is 2.10. The lowest BCUT2D eigenvalue weighted by atomic mass is 10.1. The largest absolute Gasteiger partial charge is 0.496 e. The fraction of sp³-hybridized carbons (Fsp3) is 0.526. The molecule has 27 heavy (non-hydrogen) atoms. The van der Waals surface area contributed by atoms with Gasteiger partial charge in [0.1, 0.15) is 11.8 Å². The fourth-order valence-electron chi connectivity index (χ4n) is 2.75. The highest BCUT2D eigenvalue weighted by Crippen LogP contribution is 2.26. The van der Waals surface area contributed by atoms with E-state index in [9.17, 15) is 14.4 Å². The number of methoxy groups -OCH3 is 1. The zero-order chi connectivity index (χ0) is 20.0. The van der Waals surface area contributed by atoms with Crippen LogP contribution in [0.4, 0.5) is 0 Å². The second-order valence-electron chi connectivity index (χ2n) is 6.76. The number of carbonyl (C=O) groups excluding carboxylic acids is 3. The Kier molecular flexibility index (Phi) is 7.65. The van der Waals surface area contributed by atoms with Crippen LogP contribution in [0.1, 0.15) is 37.0 Å². The van der Waals surface area contributed by atoms with E-state index in [1.54, 1.807) is 18.2 Å². The van der Waals surface area contributed by atoms with Gasteiger partial charge in [0.25, 0.3) is 5.91 Å². The monoisotopic (exact) mass is 440 g/mol. The number of esters is 1. The maximum atomic E-state index is 12.9. The molecule has 1 aromatic carbocycles. The van der Waals surface area contributed by atoms with Gasteiger partial charge in [0, 0.05) is 18.7 Å². The Bertz CT molecular complexity index is 707. The summed E-state index contributed by atoms with van der Waals surface area (Å²) in [7, 11) is 1.54. The Morgan fingerprint density at radius 1 is 1.37 bits per heavy atom. The summed E-state index contributed by atoms with van der Waals surface area (Å²) < 4.78 is 11.0. The lowest BCUT2D eigenvalue weighted by Gasteiger charge is -2.34. The number of benzene rings is 1. The van der Waals surface area contributed by atoms with E-state index in [0.29, 0.717) is 41.4 Å². The third-order valence-corrected chi connectivity index (χ3v) is 4.93. The van der Waals surface area contributed by atoms with Crippen LogP contribution in [0, 0.1) is 5.92 Å². The van der Waals surface area contributed by atoms with Gasteiger partial charge < -0.3 is 19.7 Å². The molecule has 0 bridgehead atoms. The van der Waals surface area contributed by atoms with Gasteiger partial charge >= 0.3 is 5.97 Å². The first-order valence-corrected chi connectivity index (χ1v) is 9.70. The van der Waals surface area contributed by atoms with Gasteiger partial charge in [-0.3, -0.25) is 14.4 Å². The van der Waals surface area contributed by atoms with Crippen molar-refractivity contribution >= 4 is 33.7 Å². The molecule has 8 heteroatoms. The van der Waals surface area contributed by atoms with Crippen LogP contribution >= 0.6 is 15.9 Å². The summed E-state index contributed by atoms with van der Waals surface area (Å²) in [6.45, 7) is 5.06. The maximum absolute atomic E-state index is 12.9. The van der Waals surface area contributed by atoms with E-state index in [0.717, 1.165) is 6.42 Å². The molecule has 0 spiro atoms. The van der Waals surface area contributed by atoms with E-state index in [1.165, 1.54) is 12.0 Å². The summed E-state index contributed by atoms with van der Waals surface area (Å²) in [5.41, 5.74) is 0.413. The van der Waals surface area contributed by atoms with Crippen LogP contribution in [-0.2, 0) is 14.3 Å². The van der Waals surface area contributed by atoms with Gasteiger partial charge in [-0.15, -0.1) is 0 Å². The molecule has 0 aromatic heterocycles. The maximum Gasteiger partial charge on any atom is 0.308 e. The molecule has 1 heterocycles. The first-order valence-electron chi connectivity index (χ1n) is 8.91. The smallest absolute Gasteiger partial charge is 0.308 e. The highest BCUT2D eigenvalue weighted by Gasteiger charge is 2.35. The Morgan fingerprint density at radius 3 is 2.74 bits per heavy atom. The molecule has 2 amide bonds. The number of nitrogens with one attached hydrogen (secondary N) is 1. The number of carbonyl (C=O) groups is 3. The average Bonchev–Trinajstić information content (AvgIpc) is 2.62. The van der Waals surface area contributed by atoms with Crippen LogP contribution in [0.15, 0.2) is 22.7 Å². The zero-order valence-electron chi connectivity index (χ0n) is 15.8. The van der Waals surface area contributed by atoms with E-state index in [1.807, 2.05) is 13.8 Å². The summed E-state index contributed by atoms with van der Waals surface area (Å²) in [4.78, 5) is 38.8. The quantitative estimate of drug-likeness (QED) is 0.657. The van der Waals surface area contributed by atoms with Gasteiger partial charge in [0.2, 0.25) is 5.91 Å². The molecule has 1 unspecified atom stereocenters. The summed E-state index contributed by atoms with van der Waals surface area (Å²) in [5.74, 6) is -0.113. The molecule has 1 aliphatic heterocycles. The van der Waals surface area contributed by atoms with E-state index in [-0.39, 0.29) is 18.2 Å². The molecule has 0 radical (unpaired) electrons. The van der Waals surface area contributed by atoms with Gasteiger partial charge in [-0.05, 0) is 46.5 Å². The van der Waals surface area contributed by atoms with Crippen LogP contribution in [0.3, 0.4) is 0 Å². The number of hydrogen-bond donors (Lipinski definition) is 1. The molecule has 148 valence electrons. The minimum atomic E-state index is -0.876. The standard InChI is InChI=1S/C19H25BrN2O5/c1-12(2)6-9-27-17(23)11-15-18(24)21-7-8-22(15)19(25)13-4-5-16(26-3)14(20)10-13/h4-5,10,12,15H,6-9,11H2,1-3H3,(H,21,24). The molecule has 1 aromatic rings. The Morgan fingerprint density at radius 2 is 2.11 bits per heavy atom. The predicted octanol–water partition coefficient (Wildman–Crippen LogP) is 2.38. The summed E-state index contributed by atoms with van der Waals surface area (Å²) in [6, 6.07) is 4.08. The van der Waals surface area contributed by atoms with Crippen molar-refractivity contribution < 1.29 is 23.9 Å². The van der Waals surface area contributed by atoms with Crippen LogP contribution < -0.4 is 10.1 Å². The molecule has 2 rings (SSSR count). The van der Waals surface area contributed by atoms with E-state index >= 15 is 0 Å². The highest BCUT2D eigenvalue weighted by molar-refractivity contribution is 9.10. The first-order chi connectivity index (χ1) is 12.8. The van der Waals surface area contributed by atoms with Gasteiger partial charge in [0.05, 0.1) is 24.6 Å². The van der Waals surface area contributed by atoms with Gasteiger partial charge in [-0.25, -0.2) is 0 Å². The van der Waals surface area contributed by atoms with Crippen LogP contribution in [-0.4, -0.2) is 55.5 Å². The number of amides is 2. The van der Waals surface area contributed by atoms with E-state index in [2.05, 4.69) is 21.2 Å². The van der Waals surface area contributed by atoms with Crippen LogP contribution in [0.25, 0.3) is 0 Å². The molecular formula is C19H25BrN2O5. The lowest BCUT2D eigenvalue weighted by molar-refractivity contribution is -0.148. The van der Waals surface area contributed by atoms with Crippen LogP contribution in [0.2, 0.25) is 0 Å². The molecule has 7 nitrogen and oxygen atoms in total. The average molecular weight is 441 g/mol. The number of halogens is 1. The van der Waals surface area contributed by atoms with Crippen molar-refractivity contribution in [2.24, 2.45) is 5.92 Å². The zero-order valence-corrected chi connectivity index (χ0v) is 17.4. The van der Waals surface area contributed by atoms with Crippen molar-refractivity contribution in [3.63, 3.8) is 0 Å². The Labute approximate surface area is 167 Å². The fourth-order valence-corrected chi connectivity index (χ4v) is 3.29. The Hall–Kier alpha value is -2.09. The topological polar surface area (TPSA) is 84.9 Å². The normalized spacial score (nSPS) is 16.9. The third kappa shape index (κ3) is 5.69. The molecule has 1 fully saturated rings. The van der Waals surface area contributed by atoms with E-state index < -0.39 is 12.0 Å². The summed E-state index contributed by atoms with van der Waals surface area (Å²) >= 11 is 3.36. The van der Waals surface area contributed by atoms with Gasteiger partial charge in [-0.2, -0.15) is 0 Å². The molecule has 1 N–H and O–H groups in total. The van der Waals surface area contributed by atoms with Gasteiger partial charge in [0.15, 0.2) is 0 Å². The highest BCUT2D eigenvalue weighted by atomic mass is 79.9. The predicted molar refractivity (Wildman–Crippen MR) is 104 cm³/mol. The minimum absolute atomic E-state index is 0.160. The number of piperazine rings is 1. The number of rotatable bonds is 7. The van der Waals surface area contributed by atoms with Crippen molar-refractivity contribution in [3.8, 4) is 5.75 Å². The first kappa shape index (κ1) is 21.2. The number of hydrogen-bond acceptors (Lipinski definition) is 5.